The second-order valence-corrected chi connectivity index (χ2v) is 6.81. The van der Waals surface area contributed by atoms with Gasteiger partial charge in [0.1, 0.15) is 0 Å². The van der Waals surface area contributed by atoms with Gasteiger partial charge in [-0.2, -0.15) is 8.42 Å². The number of rotatable bonds is 5. The maximum absolute atomic E-state index is 11.2. The van der Waals surface area contributed by atoms with Crippen molar-refractivity contribution in [1.29, 1.82) is 0 Å². The van der Waals surface area contributed by atoms with E-state index in [2.05, 4.69) is 0 Å². The molecule has 1 saturated carbocycles. The quantitative estimate of drug-likeness (QED) is 0.779. The molecule has 0 aliphatic heterocycles. The highest BCUT2D eigenvalue weighted by Gasteiger charge is 2.34. The monoisotopic (exact) mass is 284 g/mol. The lowest BCUT2D eigenvalue weighted by Crippen LogP contribution is -2.20. The van der Waals surface area contributed by atoms with Crippen molar-refractivity contribution in [3.63, 3.8) is 0 Å². The Morgan fingerprint density at radius 2 is 1.89 bits per heavy atom. The van der Waals surface area contributed by atoms with Crippen LogP contribution in [0, 0.1) is 5.92 Å². The van der Waals surface area contributed by atoms with Crippen LogP contribution in [0.1, 0.15) is 25.3 Å². The Balaban J connectivity index is 1.84. The summed E-state index contributed by atoms with van der Waals surface area (Å²) in [5, 5.41) is 0. The van der Waals surface area contributed by atoms with Crippen molar-refractivity contribution in [1.82, 2.24) is 0 Å². The molecule has 1 fully saturated rings. The molecule has 3 atom stereocenters. The average molecular weight is 284 g/mol. The van der Waals surface area contributed by atoms with Gasteiger partial charge in [-0.25, -0.2) is 0 Å². The van der Waals surface area contributed by atoms with Crippen LogP contribution in [0.5, 0.6) is 0 Å². The van der Waals surface area contributed by atoms with Crippen LogP contribution < -0.4 is 0 Å². The highest BCUT2D eigenvalue weighted by atomic mass is 32.2. The smallest absolute Gasteiger partial charge is 0.264 e. The molecule has 1 aliphatic rings. The molecule has 5 heteroatoms. The van der Waals surface area contributed by atoms with E-state index >= 15 is 0 Å². The molecule has 0 unspecified atom stereocenters. The van der Waals surface area contributed by atoms with E-state index in [1.165, 1.54) is 0 Å². The Bertz CT molecular complexity index is 497. The highest BCUT2D eigenvalue weighted by Crippen LogP contribution is 2.31. The van der Waals surface area contributed by atoms with Gasteiger partial charge in [-0.15, -0.1) is 0 Å². The fraction of sp³-hybridized carbons (Fsp3) is 0.571. The molecule has 1 aromatic rings. The van der Waals surface area contributed by atoms with E-state index < -0.39 is 10.1 Å². The molecule has 4 nitrogen and oxygen atoms in total. The van der Waals surface area contributed by atoms with Gasteiger partial charge >= 0.3 is 0 Å². The van der Waals surface area contributed by atoms with E-state index in [4.69, 9.17) is 8.92 Å². The molecule has 0 N–H and O–H groups in total. The van der Waals surface area contributed by atoms with Crippen LogP contribution in [0.2, 0.25) is 0 Å². The average Bonchev–Trinajstić information content (AvgIpc) is 2.67. The third kappa shape index (κ3) is 4.60. The summed E-state index contributed by atoms with van der Waals surface area (Å²) in [6.07, 6.45) is 2.39. The first-order chi connectivity index (χ1) is 8.94. The summed E-state index contributed by atoms with van der Waals surface area (Å²) < 4.78 is 33.2. The Morgan fingerprint density at radius 3 is 2.53 bits per heavy atom. The minimum Gasteiger partial charge on any atom is -0.373 e. The first kappa shape index (κ1) is 14.5. The molecule has 0 heterocycles. The van der Waals surface area contributed by atoms with Gasteiger partial charge in [0, 0.05) is 6.42 Å². The lowest BCUT2D eigenvalue weighted by molar-refractivity contribution is 0.0382. The number of benzene rings is 1. The van der Waals surface area contributed by atoms with Gasteiger partial charge in [-0.3, -0.25) is 4.18 Å². The topological polar surface area (TPSA) is 52.6 Å². The molecular weight excluding hydrogens is 264 g/mol. The van der Waals surface area contributed by atoms with Gasteiger partial charge in [0.15, 0.2) is 0 Å². The van der Waals surface area contributed by atoms with Crippen molar-refractivity contribution >= 4 is 10.1 Å². The van der Waals surface area contributed by atoms with Crippen LogP contribution in [-0.4, -0.2) is 26.9 Å². The fourth-order valence-corrected chi connectivity index (χ4v) is 3.15. The molecule has 0 aromatic heterocycles. The van der Waals surface area contributed by atoms with Crippen molar-refractivity contribution in [3.05, 3.63) is 35.9 Å². The Kier molecular flexibility index (Phi) is 4.60. The molecule has 0 saturated heterocycles. The van der Waals surface area contributed by atoms with E-state index in [1.54, 1.807) is 0 Å². The fourth-order valence-electron chi connectivity index (χ4n) is 2.44. The molecule has 0 amide bonds. The largest absolute Gasteiger partial charge is 0.373 e. The standard InChI is InChI=1S/C14H20O4S/c1-11-8-13(9-14(11)18-19(2,15)16)17-10-12-6-4-3-5-7-12/h3-7,11,13-14H,8-10H2,1-2H3/t11-,13-,14+/m0/s1. The molecule has 0 radical (unpaired) electrons. The summed E-state index contributed by atoms with van der Waals surface area (Å²) in [4.78, 5) is 0. The van der Waals surface area contributed by atoms with Crippen LogP contribution in [0.4, 0.5) is 0 Å². The van der Waals surface area contributed by atoms with Crippen LogP contribution >= 0.6 is 0 Å². The highest BCUT2D eigenvalue weighted by molar-refractivity contribution is 7.86. The molecule has 1 aromatic carbocycles. The molecule has 0 bridgehead atoms. The van der Waals surface area contributed by atoms with E-state index in [-0.39, 0.29) is 18.1 Å². The van der Waals surface area contributed by atoms with Gasteiger partial charge in [0.05, 0.1) is 25.1 Å². The van der Waals surface area contributed by atoms with Crippen molar-refractivity contribution in [3.8, 4) is 0 Å². The van der Waals surface area contributed by atoms with E-state index in [0.29, 0.717) is 13.0 Å². The Labute approximate surface area is 114 Å². The van der Waals surface area contributed by atoms with Crippen molar-refractivity contribution < 1.29 is 17.3 Å². The molecule has 106 valence electrons. The Hall–Kier alpha value is -0.910. The van der Waals surface area contributed by atoms with E-state index in [1.807, 2.05) is 37.3 Å². The third-order valence-electron chi connectivity index (χ3n) is 3.39. The maximum atomic E-state index is 11.2. The third-order valence-corrected chi connectivity index (χ3v) is 3.99. The summed E-state index contributed by atoms with van der Waals surface area (Å²) in [6.45, 7) is 2.56. The summed E-state index contributed by atoms with van der Waals surface area (Å²) in [6, 6.07) is 9.96. The Morgan fingerprint density at radius 1 is 1.21 bits per heavy atom. The lowest BCUT2D eigenvalue weighted by atomic mass is 10.1. The van der Waals surface area contributed by atoms with Crippen molar-refractivity contribution in [2.75, 3.05) is 6.26 Å². The van der Waals surface area contributed by atoms with Crippen LogP contribution in [0.25, 0.3) is 0 Å². The summed E-state index contributed by atoms with van der Waals surface area (Å²) in [7, 11) is -3.39. The van der Waals surface area contributed by atoms with Gasteiger partial charge in [-0.1, -0.05) is 37.3 Å². The zero-order valence-corrected chi connectivity index (χ0v) is 12.1. The minimum atomic E-state index is -3.39. The summed E-state index contributed by atoms with van der Waals surface area (Å²) in [5.41, 5.74) is 1.13. The zero-order chi connectivity index (χ0) is 13.9. The first-order valence-electron chi connectivity index (χ1n) is 6.48. The number of hydrogen-bond acceptors (Lipinski definition) is 4. The second kappa shape index (κ2) is 6.03. The van der Waals surface area contributed by atoms with E-state index in [9.17, 15) is 8.42 Å². The van der Waals surface area contributed by atoms with Crippen LogP contribution in [0.3, 0.4) is 0 Å². The van der Waals surface area contributed by atoms with Crippen LogP contribution in [-0.2, 0) is 25.6 Å². The lowest BCUT2D eigenvalue weighted by Gasteiger charge is -2.13. The predicted molar refractivity (Wildman–Crippen MR) is 73.1 cm³/mol. The van der Waals surface area contributed by atoms with Crippen LogP contribution in [0.15, 0.2) is 30.3 Å². The predicted octanol–water partition coefficient (Wildman–Crippen LogP) is 2.35. The number of hydrogen-bond donors (Lipinski definition) is 0. The summed E-state index contributed by atoms with van der Waals surface area (Å²) in [5.74, 6) is 0.204. The van der Waals surface area contributed by atoms with E-state index in [0.717, 1.165) is 18.2 Å². The molecule has 1 aliphatic carbocycles. The van der Waals surface area contributed by atoms with Gasteiger partial charge in [0.25, 0.3) is 10.1 Å². The molecule has 2 rings (SSSR count). The van der Waals surface area contributed by atoms with Gasteiger partial charge in [0.2, 0.25) is 0 Å². The maximum Gasteiger partial charge on any atom is 0.264 e. The second-order valence-electron chi connectivity index (χ2n) is 5.21. The zero-order valence-electron chi connectivity index (χ0n) is 11.3. The van der Waals surface area contributed by atoms with Gasteiger partial charge in [-0.05, 0) is 17.9 Å². The van der Waals surface area contributed by atoms with Crippen molar-refractivity contribution in [2.24, 2.45) is 5.92 Å². The molecule has 19 heavy (non-hydrogen) atoms. The summed E-state index contributed by atoms with van der Waals surface area (Å²) >= 11 is 0. The van der Waals surface area contributed by atoms with Gasteiger partial charge < -0.3 is 4.74 Å². The molecular formula is C14H20O4S. The number of ether oxygens (including phenoxy) is 1. The van der Waals surface area contributed by atoms with Crippen molar-refractivity contribution in [2.45, 2.75) is 38.6 Å². The SMILES string of the molecule is C[C@H]1C[C@H](OCc2ccccc2)C[C@H]1OS(C)(=O)=O. The molecule has 0 spiro atoms. The first-order valence-corrected chi connectivity index (χ1v) is 8.29. The minimum absolute atomic E-state index is 0.0713. The normalized spacial score (nSPS) is 27.6.